The summed E-state index contributed by atoms with van der Waals surface area (Å²) in [5.41, 5.74) is 5.93. The first-order valence-corrected chi connectivity index (χ1v) is 6.59. The molecule has 1 amide bonds. The molecule has 0 bridgehead atoms. The molecule has 3 N–H and O–H groups in total. The maximum absolute atomic E-state index is 11.9. The predicted octanol–water partition coefficient (Wildman–Crippen LogP) is 0.899. The van der Waals surface area contributed by atoms with Crippen LogP contribution in [0.5, 0.6) is 0 Å². The topological polar surface area (TPSA) is 77.2 Å². The molecule has 17 heavy (non-hydrogen) atoms. The minimum Gasteiger partial charge on any atom is -0.381 e. The van der Waals surface area contributed by atoms with Crippen LogP contribution in [0.25, 0.3) is 0 Å². The Balaban J connectivity index is 1.89. The molecular formula is C11H17N3O2S. The van der Waals surface area contributed by atoms with E-state index in [9.17, 15) is 4.79 Å². The lowest BCUT2D eigenvalue weighted by Crippen LogP contribution is -2.33. The summed E-state index contributed by atoms with van der Waals surface area (Å²) in [6.45, 7) is 0.382. The van der Waals surface area contributed by atoms with E-state index in [4.69, 9.17) is 10.5 Å². The van der Waals surface area contributed by atoms with Gasteiger partial charge in [0.05, 0.1) is 6.10 Å². The van der Waals surface area contributed by atoms with Crippen LogP contribution in [0.4, 0.5) is 0 Å². The van der Waals surface area contributed by atoms with Gasteiger partial charge in [0.1, 0.15) is 10.7 Å². The molecule has 1 aromatic heterocycles. The Kier molecular flexibility index (Phi) is 4.09. The van der Waals surface area contributed by atoms with Crippen LogP contribution in [0.3, 0.4) is 0 Å². The average molecular weight is 255 g/mol. The van der Waals surface area contributed by atoms with Gasteiger partial charge in [0.25, 0.3) is 5.91 Å². The summed E-state index contributed by atoms with van der Waals surface area (Å²) in [6, 6.07) is 0.204. The number of carbonyl (C=O) groups excluding carboxylic acids is 1. The third-order valence-corrected chi connectivity index (χ3v) is 3.88. The highest BCUT2D eigenvalue weighted by atomic mass is 32.1. The molecule has 2 atom stereocenters. The SMILES string of the molecule is COC1CCC(NC(=O)c2csc(CN)n2)C1. The molecule has 0 radical (unpaired) electrons. The van der Waals surface area contributed by atoms with Crippen molar-refractivity contribution in [1.82, 2.24) is 10.3 Å². The number of amides is 1. The molecule has 1 aliphatic carbocycles. The molecule has 0 aliphatic heterocycles. The lowest BCUT2D eigenvalue weighted by molar-refractivity contribution is 0.0911. The van der Waals surface area contributed by atoms with Gasteiger partial charge in [0.2, 0.25) is 0 Å². The highest BCUT2D eigenvalue weighted by Gasteiger charge is 2.26. The zero-order valence-electron chi connectivity index (χ0n) is 9.81. The van der Waals surface area contributed by atoms with Crippen LogP contribution in [0.15, 0.2) is 5.38 Å². The first-order valence-electron chi connectivity index (χ1n) is 5.71. The molecular weight excluding hydrogens is 238 g/mol. The van der Waals surface area contributed by atoms with E-state index in [1.54, 1.807) is 12.5 Å². The quantitative estimate of drug-likeness (QED) is 0.838. The fourth-order valence-corrected chi connectivity index (χ4v) is 2.71. The Bertz CT molecular complexity index is 394. The second kappa shape index (κ2) is 5.57. The molecule has 1 fully saturated rings. The maximum atomic E-state index is 11.9. The van der Waals surface area contributed by atoms with Gasteiger partial charge >= 0.3 is 0 Å². The number of carbonyl (C=O) groups is 1. The molecule has 6 heteroatoms. The van der Waals surface area contributed by atoms with Crippen molar-refractivity contribution < 1.29 is 9.53 Å². The van der Waals surface area contributed by atoms with E-state index >= 15 is 0 Å². The minimum absolute atomic E-state index is 0.109. The van der Waals surface area contributed by atoms with Crippen molar-refractivity contribution >= 4 is 17.2 Å². The van der Waals surface area contributed by atoms with Crippen molar-refractivity contribution in [3.8, 4) is 0 Å². The molecule has 94 valence electrons. The second-order valence-electron chi connectivity index (χ2n) is 4.17. The zero-order chi connectivity index (χ0) is 12.3. The minimum atomic E-state index is -0.109. The van der Waals surface area contributed by atoms with Crippen molar-refractivity contribution in [3.05, 3.63) is 16.1 Å². The fraction of sp³-hybridized carbons (Fsp3) is 0.636. The fourth-order valence-electron chi connectivity index (χ4n) is 2.05. The van der Waals surface area contributed by atoms with Gasteiger partial charge in [-0.05, 0) is 19.3 Å². The second-order valence-corrected chi connectivity index (χ2v) is 5.11. The molecule has 5 nitrogen and oxygen atoms in total. The van der Waals surface area contributed by atoms with Crippen LogP contribution in [-0.2, 0) is 11.3 Å². The number of aromatic nitrogens is 1. The van der Waals surface area contributed by atoms with Gasteiger partial charge in [0.15, 0.2) is 0 Å². The van der Waals surface area contributed by atoms with Crippen LogP contribution in [-0.4, -0.2) is 30.1 Å². The summed E-state index contributed by atoms with van der Waals surface area (Å²) in [5.74, 6) is -0.109. The van der Waals surface area contributed by atoms with Crippen LogP contribution in [0.1, 0.15) is 34.8 Å². The smallest absolute Gasteiger partial charge is 0.270 e. The normalized spacial score (nSPS) is 23.9. The number of nitrogens with one attached hydrogen (secondary N) is 1. The van der Waals surface area contributed by atoms with Gasteiger partial charge in [-0.15, -0.1) is 11.3 Å². The molecule has 1 aliphatic rings. The van der Waals surface area contributed by atoms with E-state index in [-0.39, 0.29) is 18.1 Å². The van der Waals surface area contributed by atoms with Gasteiger partial charge in [-0.3, -0.25) is 4.79 Å². The van der Waals surface area contributed by atoms with Crippen LogP contribution in [0, 0.1) is 0 Å². The van der Waals surface area contributed by atoms with Gasteiger partial charge in [-0.2, -0.15) is 0 Å². The summed E-state index contributed by atoms with van der Waals surface area (Å²) in [7, 11) is 1.71. The van der Waals surface area contributed by atoms with Gasteiger partial charge in [0, 0.05) is 25.1 Å². The molecule has 1 saturated carbocycles. The molecule has 0 saturated heterocycles. The summed E-state index contributed by atoms with van der Waals surface area (Å²) in [4.78, 5) is 16.0. The maximum Gasteiger partial charge on any atom is 0.270 e. The summed E-state index contributed by atoms with van der Waals surface area (Å²) in [5, 5.41) is 5.52. The predicted molar refractivity (Wildman–Crippen MR) is 65.9 cm³/mol. The monoisotopic (exact) mass is 255 g/mol. The summed E-state index contributed by atoms with van der Waals surface area (Å²) in [6.07, 6.45) is 3.14. The van der Waals surface area contributed by atoms with E-state index in [2.05, 4.69) is 10.3 Å². The van der Waals surface area contributed by atoms with Gasteiger partial charge in [-0.1, -0.05) is 0 Å². The van der Waals surface area contributed by atoms with Crippen molar-refractivity contribution in [3.63, 3.8) is 0 Å². The Morgan fingerprint density at radius 1 is 1.71 bits per heavy atom. The number of hydrogen-bond acceptors (Lipinski definition) is 5. The Hall–Kier alpha value is -0.980. The van der Waals surface area contributed by atoms with E-state index in [0.29, 0.717) is 12.2 Å². The lowest BCUT2D eigenvalue weighted by Gasteiger charge is -2.11. The van der Waals surface area contributed by atoms with E-state index in [1.807, 2.05) is 0 Å². The van der Waals surface area contributed by atoms with Crippen molar-refractivity contribution in [1.29, 1.82) is 0 Å². The first-order chi connectivity index (χ1) is 8.22. The number of nitrogens with two attached hydrogens (primary N) is 1. The number of nitrogens with zero attached hydrogens (tertiary/aromatic N) is 1. The van der Waals surface area contributed by atoms with E-state index in [1.165, 1.54) is 11.3 Å². The Morgan fingerprint density at radius 2 is 2.53 bits per heavy atom. The molecule has 0 spiro atoms. The number of ether oxygens (including phenoxy) is 1. The molecule has 2 rings (SSSR count). The third-order valence-electron chi connectivity index (χ3n) is 3.01. The highest BCUT2D eigenvalue weighted by Crippen LogP contribution is 2.21. The third kappa shape index (κ3) is 3.02. The van der Waals surface area contributed by atoms with Gasteiger partial charge in [-0.25, -0.2) is 4.98 Å². The lowest BCUT2D eigenvalue weighted by atomic mass is 10.2. The van der Waals surface area contributed by atoms with Crippen molar-refractivity contribution in [2.45, 2.75) is 38.0 Å². The number of rotatable bonds is 4. The summed E-state index contributed by atoms with van der Waals surface area (Å²) < 4.78 is 5.27. The van der Waals surface area contributed by atoms with Crippen molar-refractivity contribution in [2.24, 2.45) is 5.73 Å². The van der Waals surface area contributed by atoms with E-state index in [0.717, 1.165) is 24.3 Å². The molecule has 1 aromatic rings. The Labute approximate surface area is 104 Å². The number of methoxy groups -OCH3 is 1. The number of thiazole rings is 1. The average Bonchev–Trinajstić information content (AvgIpc) is 2.96. The van der Waals surface area contributed by atoms with Crippen LogP contribution < -0.4 is 11.1 Å². The Morgan fingerprint density at radius 3 is 3.12 bits per heavy atom. The highest BCUT2D eigenvalue weighted by molar-refractivity contribution is 7.09. The van der Waals surface area contributed by atoms with Crippen molar-refractivity contribution in [2.75, 3.05) is 7.11 Å². The molecule has 1 heterocycles. The summed E-state index contributed by atoms with van der Waals surface area (Å²) >= 11 is 1.42. The van der Waals surface area contributed by atoms with E-state index < -0.39 is 0 Å². The number of hydrogen-bond donors (Lipinski definition) is 2. The van der Waals surface area contributed by atoms with Crippen LogP contribution in [0.2, 0.25) is 0 Å². The van der Waals surface area contributed by atoms with Gasteiger partial charge < -0.3 is 15.8 Å². The largest absolute Gasteiger partial charge is 0.381 e. The van der Waals surface area contributed by atoms with Crippen LogP contribution >= 0.6 is 11.3 Å². The molecule has 2 unspecified atom stereocenters. The zero-order valence-corrected chi connectivity index (χ0v) is 10.6. The molecule has 0 aromatic carbocycles. The standard InChI is InChI=1S/C11H17N3O2S/c1-16-8-3-2-7(4-8)13-11(15)9-6-17-10(5-12)14-9/h6-8H,2-5,12H2,1H3,(H,13,15). The first kappa shape index (κ1) is 12.5.